The van der Waals surface area contributed by atoms with Gasteiger partial charge < -0.3 is 14.6 Å². The zero-order valence-corrected chi connectivity index (χ0v) is 13.6. The number of carbonyl (C=O) groups is 1. The molecular weight excluding hydrogens is 311 g/mol. The Labute approximate surface area is 140 Å². The number of benzene rings is 2. The zero-order chi connectivity index (χ0) is 17.5. The first kappa shape index (κ1) is 17.7. The largest absolute Gasteiger partial charge is 0.478 e. The molecule has 0 saturated carbocycles. The number of hydrogen-bond acceptors (Lipinski definition) is 3. The number of carboxylic acid groups (broad SMARTS) is 1. The Hall–Kier alpha value is -2.66. The van der Waals surface area contributed by atoms with Gasteiger partial charge in [-0.1, -0.05) is 43.3 Å². The van der Waals surface area contributed by atoms with Crippen LogP contribution in [0.4, 0.5) is 4.39 Å². The maximum absolute atomic E-state index is 14.2. The number of carboxylic acids is 1. The fourth-order valence-electron chi connectivity index (χ4n) is 2.49. The lowest BCUT2D eigenvalue weighted by atomic mass is 9.93. The highest BCUT2D eigenvalue weighted by Crippen LogP contribution is 2.31. The standard InChI is InChI=1S/C19H19FO4/c1-3-15(13-7-5-4-6-8-13)18(19(21)22)14-9-10-17(16(20)11-14)24-12-23-2/h4-11H,3,12H2,1-2H3,(H,21,22)/b18-15-. The van der Waals surface area contributed by atoms with Crippen molar-refractivity contribution in [2.45, 2.75) is 13.3 Å². The van der Waals surface area contributed by atoms with Crippen LogP contribution in [-0.2, 0) is 9.53 Å². The summed E-state index contributed by atoms with van der Waals surface area (Å²) in [7, 11) is 1.44. The van der Waals surface area contributed by atoms with Crippen LogP contribution >= 0.6 is 0 Å². The van der Waals surface area contributed by atoms with Gasteiger partial charge in [-0.3, -0.25) is 0 Å². The van der Waals surface area contributed by atoms with Crippen LogP contribution in [-0.4, -0.2) is 25.0 Å². The minimum Gasteiger partial charge on any atom is -0.478 e. The minimum atomic E-state index is -1.10. The molecular formula is C19H19FO4. The molecule has 0 fully saturated rings. The lowest BCUT2D eigenvalue weighted by Crippen LogP contribution is -2.05. The van der Waals surface area contributed by atoms with Gasteiger partial charge in [0.05, 0.1) is 5.57 Å². The predicted octanol–water partition coefficient (Wildman–Crippen LogP) is 4.21. The maximum Gasteiger partial charge on any atom is 0.336 e. The minimum absolute atomic E-state index is 0.0168. The molecule has 2 aromatic carbocycles. The van der Waals surface area contributed by atoms with E-state index < -0.39 is 11.8 Å². The van der Waals surface area contributed by atoms with Crippen molar-refractivity contribution in [2.24, 2.45) is 0 Å². The first-order valence-electron chi connectivity index (χ1n) is 7.52. The summed E-state index contributed by atoms with van der Waals surface area (Å²) in [5.74, 6) is -1.71. The molecule has 0 heterocycles. The summed E-state index contributed by atoms with van der Waals surface area (Å²) >= 11 is 0. The van der Waals surface area contributed by atoms with E-state index in [9.17, 15) is 14.3 Å². The van der Waals surface area contributed by atoms with Crippen molar-refractivity contribution in [3.8, 4) is 5.75 Å². The molecule has 0 aliphatic carbocycles. The van der Waals surface area contributed by atoms with Crippen molar-refractivity contribution < 1.29 is 23.8 Å². The molecule has 4 nitrogen and oxygen atoms in total. The molecule has 0 atom stereocenters. The fourth-order valence-corrected chi connectivity index (χ4v) is 2.49. The monoisotopic (exact) mass is 330 g/mol. The first-order valence-corrected chi connectivity index (χ1v) is 7.52. The van der Waals surface area contributed by atoms with Crippen LogP contribution in [0.3, 0.4) is 0 Å². The third-order valence-electron chi connectivity index (χ3n) is 3.54. The van der Waals surface area contributed by atoms with Crippen LogP contribution < -0.4 is 4.74 Å². The molecule has 0 spiro atoms. The maximum atomic E-state index is 14.2. The molecule has 0 aliphatic rings. The SMILES string of the molecule is CC/C(=C(/C(=O)O)c1ccc(OCOC)c(F)c1)c1ccccc1. The molecule has 126 valence electrons. The van der Waals surface area contributed by atoms with Gasteiger partial charge in [0.2, 0.25) is 0 Å². The number of allylic oxidation sites excluding steroid dienone is 1. The van der Waals surface area contributed by atoms with Crippen molar-refractivity contribution in [1.29, 1.82) is 0 Å². The van der Waals surface area contributed by atoms with Crippen LogP contribution in [0.25, 0.3) is 11.1 Å². The van der Waals surface area contributed by atoms with Gasteiger partial charge in [-0.05, 0) is 35.3 Å². The van der Waals surface area contributed by atoms with Crippen LogP contribution in [0.1, 0.15) is 24.5 Å². The van der Waals surface area contributed by atoms with Crippen LogP contribution in [0.15, 0.2) is 48.5 Å². The second kappa shape index (κ2) is 8.26. The molecule has 0 amide bonds. The van der Waals surface area contributed by atoms with Gasteiger partial charge in [-0.2, -0.15) is 0 Å². The summed E-state index contributed by atoms with van der Waals surface area (Å²) in [4.78, 5) is 11.8. The molecule has 2 rings (SSSR count). The highest BCUT2D eigenvalue weighted by molar-refractivity contribution is 6.23. The first-order chi connectivity index (χ1) is 11.6. The van der Waals surface area contributed by atoms with Crippen LogP contribution in [0.2, 0.25) is 0 Å². The van der Waals surface area contributed by atoms with E-state index in [1.807, 2.05) is 37.3 Å². The van der Waals surface area contributed by atoms with E-state index in [1.54, 1.807) is 0 Å². The average Bonchev–Trinajstić information content (AvgIpc) is 2.59. The summed E-state index contributed by atoms with van der Waals surface area (Å²) in [6.07, 6.45) is 0.509. The highest BCUT2D eigenvalue weighted by Gasteiger charge is 2.19. The third-order valence-corrected chi connectivity index (χ3v) is 3.54. The molecule has 0 unspecified atom stereocenters. The Morgan fingerprint density at radius 3 is 2.38 bits per heavy atom. The molecule has 0 aromatic heterocycles. The molecule has 2 aromatic rings. The number of methoxy groups -OCH3 is 1. The number of halogens is 1. The van der Waals surface area contributed by atoms with E-state index in [2.05, 4.69) is 0 Å². The lowest BCUT2D eigenvalue weighted by molar-refractivity contribution is -0.130. The topological polar surface area (TPSA) is 55.8 Å². The molecule has 1 N–H and O–H groups in total. The van der Waals surface area contributed by atoms with Gasteiger partial charge in [0.1, 0.15) is 0 Å². The third kappa shape index (κ3) is 4.00. The van der Waals surface area contributed by atoms with Gasteiger partial charge >= 0.3 is 5.97 Å². The average molecular weight is 330 g/mol. The van der Waals surface area contributed by atoms with Gasteiger partial charge in [0.15, 0.2) is 18.4 Å². The Kier molecular flexibility index (Phi) is 6.09. The van der Waals surface area contributed by atoms with Crippen LogP contribution in [0.5, 0.6) is 5.75 Å². The van der Waals surface area contributed by atoms with E-state index in [-0.39, 0.29) is 18.1 Å². The van der Waals surface area contributed by atoms with Gasteiger partial charge in [0, 0.05) is 7.11 Å². The van der Waals surface area contributed by atoms with E-state index >= 15 is 0 Å². The van der Waals surface area contributed by atoms with Crippen molar-refractivity contribution in [2.75, 3.05) is 13.9 Å². The summed E-state index contributed by atoms with van der Waals surface area (Å²) in [5, 5.41) is 9.66. The quantitative estimate of drug-likeness (QED) is 0.469. The van der Waals surface area contributed by atoms with E-state index in [0.29, 0.717) is 17.6 Å². The fraction of sp³-hybridized carbons (Fsp3) is 0.211. The normalized spacial score (nSPS) is 11.8. The smallest absolute Gasteiger partial charge is 0.336 e. The molecule has 5 heteroatoms. The molecule has 0 saturated heterocycles. The Morgan fingerprint density at radius 2 is 1.83 bits per heavy atom. The molecule has 0 radical (unpaired) electrons. The number of rotatable bonds is 7. The van der Waals surface area contributed by atoms with Gasteiger partial charge in [-0.15, -0.1) is 0 Å². The molecule has 0 aliphatic heterocycles. The Balaban J connectivity index is 2.53. The van der Waals surface area contributed by atoms with Crippen molar-refractivity contribution in [3.05, 3.63) is 65.5 Å². The van der Waals surface area contributed by atoms with Crippen molar-refractivity contribution in [3.63, 3.8) is 0 Å². The van der Waals surface area contributed by atoms with Crippen molar-refractivity contribution in [1.82, 2.24) is 0 Å². The van der Waals surface area contributed by atoms with Gasteiger partial charge in [-0.25, -0.2) is 9.18 Å². The lowest BCUT2D eigenvalue weighted by Gasteiger charge is -2.13. The van der Waals surface area contributed by atoms with E-state index in [1.165, 1.54) is 25.3 Å². The van der Waals surface area contributed by atoms with E-state index in [4.69, 9.17) is 9.47 Å². The van der Waals surface area contributed by atoms with Crippen molar-refractivity contribution >= 4 is 17.1 Å². The van der Waals surface area contributed by atoms with Gasteiger partial charge in [0.25, 0.3) is 0 Å². The summed E-state index contributed by atoms with van der Waals surface area (Å²) in [5.41, 5.74) is 1.83. The number of ether oxygens (including phenoxy) is 2. The summed E-state index contributed by atoms with van der Waals surface area (Å²) in [6, 6.07) is 13.3. The number of hydrogen-bond donors (Lipinski definition) is 1. The molecule has 0 bridgehead atoms. The summed E-state index contributed by atoms with van der Waals surface area (Å²) < 4.78 is 24.0. The second-order valence-corrected chi connectivity index (χ2v) is 5.07. The highest BCUT2D eigenvalue weighted by atomic mass is 19.1. The Bertz CT molecular complexity index is 738. The van der Waals surface area contributed by atoms with E-state index in [0.717, 1.165) is 5.56 Å². The van der Waals surface area contributed by atoms with Crippen LogP contribution in [0, 0.1) is 5.82 Å². The second-order valence-electron chi connectivity index (χ2n) is 5.07. The molecule has 24 heavy (non-hydrogen) atoms. The Morgan fingerprint density at radius 1 is 1.12 bits per heavy atom. The predicted molar refractivity (Wildman–Crippen MR) is 90.1 cm³/mol. The zero-order valence-electron chi connectivity index (χ0n) is 13.6. The number of aliphatic carboxylic acids is 1. The summed E-state index contributed by atoms with van der Waals surface area (Å²) in [6.45, 7) is 1.79.